The van der Waals surface area contributed by atoms with Crippen LogP contribution in [-0.4, -0.2) is 66.4 Å². The Morgan fingerprint density at radius 1 is 1.28 bits per heavy atom. The molecule has 0 aliphatic carbocycles. The van der Waals surface area contributed by atoms with Crippen LogP contribution >= 0.6 is 11.3 Å². The van der Waals surface area contributed by atoms with Crippen LogP contribution in [0.15, 0.2) is 28.9 Å². The van der Waals surface area contributed by atoms with Crippen molar-refractivity contribution in [3.05, 3.63) is 41.3 Å². The van der Waals surface area contributed by atoms with Crippen LogP contribution in [0.25, 0.3) is 21.3 Å². The van der Waals surface area contributed by atoms with Crippen LogP contribution in [0.1, 0.15) is 22.0 Å². The first-order chi connectivity index (χ1) is 16.9. The normalized spacial score (nSPS) is 13.1. The summed E-state index contributed by atoms with van der Waals surface area (Å²) in [4.78, 5) is 15.0. The highest BCUT2D eigenvalue weighted by Crippen LogP contribution is 2.39. The molecule has 1 unspecified atom stereocenters. The highest BCUT2D eigenvalue weighted by Gasteiger charge is 2.34. The largest absolute Gasteiger partial charge is 0.496 e. The number of carbonyl (C=O) groups is 1. The Labute approximate surface area is 208 Å². The van der Waals surface area contributed by atoms with E-state index in [9.17, 15) is 21.6 Å². The first kappa shape index (κ1) is 25.5. The third-order valence-corrected chi connectivity index (χ3v) is 8.22. The molecule has 3 N–H and O–H groups in total. The molecule has 3 heterocycles. The minimum atomic E-state index is -4.39. The van der Waals surface area contributed by atoms with Gasteiger partial charge in [0.05, 0.1) is 30.1 Å². The Morgan fingerprint density at radius 2 is 2.03 bits per heavy atom. The van der Waals surface area contributed by atoms with Gasteiger partial charge in [0.2, 0.25) is 11.8 Å². The van der Waals surface area contributed by atoms with E-state index in [-0.39, 0.29) is 16.8 Å². The molecule has 4 rings (SSSR count). The second-order valence-corrected chi connectivity index (χ2v) is 12.1. The molecule has 1 atom stereocenters. The average molecular weight is 558 g/mol. The quantitative estimate of drug-likeness (QED) is 0.261. The van der Waals surface area contributed by atoms with Crippen molar-refractivity contribution in [1.82, 2.24) is 34.4 Å². The summed E-state index contributed by atoms with van der Waals surface area (Å²) in [5, 5.41) is 18.9. The van der Waals surface area contributed by atoms with Gasteiger partial charge in [-0.05, 0) is 6.07 Å². The SMILES string of the molecule is COc1cc2nc(C(c3nnc(CNS(=O)(=O)NC(=O)O)o3)S(C)(=O)=O)sc2cc1-c1cnn(C)c1. The van der Waals surface area contributed by atoms with E-state index in [1.54, 1.807) is 24.0 Å². The van der Waals surface area contributed by atoms with Gasteiger partial charge in [0.25, 0.3) is 0 Å². The molecule has 0 aliphatic heterocycles. The Balaban J connectivity index is 1.69. The Bertz CT molecular complexity index is 1660. The third kappa shape index (κ3) is 5.45. The summed E-state index contributed by atoms with van der Waals surface area (Å²) < 4.78 is 65.0. The predicted octanol–water partition coefficient (Wildman–Crippen LogP) is 0.824. The predicted molar refractivity (Wildman–Crippen MR) is 126 cm³/mol. The lowest BCUT2D eigenvalue weighted by atomic mass is 10.1. The van der Waals surface area contributed by atoms with Gasteiger partial charge in [-0.3, -0.25) is 4.68 Å². The molecule has 4 aromatic rings. The number of ether oxygens (including phenoxy) is 1. The maximum Gasteiger partial charge on any atom is 0.419 e. The lowest BCUT2D eigenvalue weighted by Crippen LogP contribution is -2.39. The molecule has 15 nitrogen and oxygen atoms in total. The summed E-state index contributed by atoms with van der Waals surface area (Å²) >= 11 is 1.11. The number of hydrogen-bond donors (Lipinski definition) is 3. The minimum absolute atomic E-state index is 0.154. The number of amides is 1. The topological polar surface area (TPSA) is 208 Å². The maximum atomic E-state index is 12.7. The van der Waals surface area contributed by atoms with Crippen molar-refractivity contribution in [3.63, 3.8) is 0 Å². The van der Waals surface area contributed by atoms with Crippen molar-refractivity contribution in [2.45, 2.75) is 11.8 Å². The first-order valence-corrected chi connectivity index (χ1v) is 14.1. The van der Waals surface area contributed by atoms with Crippen molar-refractivity contribution in [3.8, 4) is 16.9 Å². The van der Waals surface area contributed by atoms with E-state index in [1.807, 2.05) is 17.0 Å². The standard InChI is InChI=1S/C18H19N7O8S3/c1-25-8-9(6-19-25)10-4-13-11(5-12(10)32-2)21-17(34-13)15(35(3,28)29)16-23-22-14(33-16)7-20-36(30,31)24-18(26)27/h4-6,8,15,20,24H,7H2,1-3H3,(H,26,27). The van der Waals surface area contributed by atoms with Gasteiger partial charge in [0.15, 0.2) is 15.1 Å². The van der Waals surface area contributed by atoms with E-state index in [0.717, 1.165) is 28.7 Å². The number of nitrogens with zero attached hydrogens (tertiary/aromatic N) is 5. The Morgan fingerprint density at radius 3 is 2.64 bits per heavy atom. The number of benzene rings is 1. The molecule has 0 saturated heterocycles. The van der Waals surface area contributed by atoms with Crippen LogP contribution in [-0.2, 0) is 33.6 Å². The van der Waals surface area contributed by atoms with Crippen LogP contribution in [0.2, 0.25) is 0 Å². The van der Waals surface area contributed by atoms with Crippen LogP contribution in [0.3, 0.4) is 0 Å². The molecule has 0 aliphatic rings. The molecule has 0 spiro atoms. The molecular formula is C18H19N7O8S3. The second-order valence-electron chi connectivity index (χ2n) is 7.45. The molecule has 18 heteroatoms. The van der Waals surface area contributed by atoms with Crippen molar-refractivity contribution < 1.29 is 35.9 Å². The number of fused-ring (bicyclic) bond motifs is 1. The van der Waals surface area contributed by atoms with Crippen molar-refractivity contribution in [2.75, 3.05) is 13.4 Å². The fourth-order valence-corrected chi connectivity index (χ4v) is 6.39. The zero-order valence-electron chi connectivity index (χ0n) is 18.9. The van der Waals surface area contributed by atoms with E-state index in [2.05, 4.69) is 20.3 Å². The Hall–Kier alpha value is -3.61. The van der Waals surface area contributed by atoms with Crippen LogP contribution < -0.4 is 14.2 Å². The molecule has 0 bridgehead atoms. The van der Waals surface area contributed by atoms with E-state index in [1.165, 1.54) is 11.8 Å². The van der Waals surface area contributed by atoms with Gasteiger partial charge >= 0.3 is 16.3 Å². The van der Waals surface area contributed by atoms with E-state index in [0.29, 0.717) is 16.0 Å². The fourth-order valence-electron chi connectivity index (χ4n) is 3.26. The summed E-state index contributed by atoms with van der Waals surface area (Å²) in [6, 6.07) is 3.50. The van der Waals surface area contributed by atoms with Crippen LogP contribution in [0, 0.1) is 0 Å². The smallest absolute Gasteiger partial charge is 0.419 e. The van der Waals surface area contributed by atoms with Gasteiger partial charge in [0, 0.05) is 36.7 Å². The number of carboxylic acid groups (broad SMARTS) is 1. The van der Waals surface area contributed by atoms with Gasteiger partial charge in [0.1, 0.15) is 10.8 Å². The maximum absolute atomic E-state index is 12.7. The summed E-state index contributed by atoms with van der Waals surface area (Å²) in [7, 11) is -4.97. The van der Waals surface area contributed by atoms with E-state index in [4.69, 9.17) is 14.3 Å². The van der Waals surface area contributed by atoms with Gasteiger partial charge < -0.3 is 14.3 Å². The van der Waals surface area contributed by atoms with E-state index >= 15 is 0 Å². The monoisotopic (exact) mass is 557 g/mol. The van der Waals surface area contributed by atoms with Crippen molar-refractivity contribution in [1.29, 1.82) is 0 Å². The number of aromatic nitrogens is 5. The van der Waals surface area contributed by atoms with E-state index < -0.39 is 37.9 Å². The zero-order valence-corrected chi connectivity index (χ0v) is 21.3. The van der Waals surface area contributed by atoms with Crippen LogP contribution in [0.4, 0.5) is 4.79 Å². The van der Waals surface area contributed by atoms with Crippen molar-refractivity contribution >= 4 is 47.7 Å². The molecule has 0 fully saturated rings. The number of sulfone groups is 1. The molecule has 36 heavy (non-hydrogen) atoms. The zero-order chi connectivity index (χ0) is 26.3. The number of rotatable bonds is 9. The number of thiazole rings is 1. The Kier molecular flexibility index (Phi) is 6.69. The van der Waals surface area contributed by atoms with Gasteiger partial charge in [-0.15, -0.1) is 21.5 Å². The highest BCUT2D eigenvalue weighted by molar-refractivity contribution is 7.91. The van der Waals surface area contributed by atoms with Crippen molar-refractivity contribution in [2.24, 2.45) is 7.05 Å². The van der Waals surface area contributed by atoms with Gasteiger partial charge in [-0.2, -0.15) is 18.2 Å². The molecule has 0 saturated carbocycles. The second kappa shape index (κ2) is 9.45. The minimum Gasteiger partial charge on any atom is -0.496 e. The molecule has 3 aromatic heterocycles. The summed E-state index contributed by atoms with van der Waals surface area (Å²) in [5.74, 6) is -0.0851. The van der Waals surface area contributed by atoms with Gasteiger partial charge in [-0.25, -0.2) is 22.9 Å². The summed E-state index contributed by atoms with van der Waals surface area (Å²) in [5.41, 5.74) is 2.03. The lowest BCUT2D eigenvalue weighted by molar-refractivity contribution is 0.201. The summed E-state index contributed by atoms with van der Waals surface area (Å²) in [6.45, 7) is -0.572. The number of nitrogens with one attached hydrogen (secondary N) is 2. The molecular weight excluding hydrogens is 538 g/mol. The number of methoxy groups -OCH3 is 1. The van der Waals surface area contributed by atoms with Crippen LogP contribution in [0.5, 0.6) is 5.75 Å². The molecule has 192 valence electrons. The lowest BCUT2D eigenvalue weighted by Gasteiger charge is -2.07. The highest BCUT2D eigenvalue weighted by atomic mass is 32.2. The molecule has 1 aromatic carbocycles. The molecule has 1 amide bonds. The first-order valence-electron chi connectivity index (χ1n) is 9.85. The summed E-state index contributed by atoms with van der Waals surface area (Å²) in [6.07, 6.45) is 2.68. The number of aryl methyl sites for hydroxylation is 1. The van der Waals surface area contributed by atoms with Gasteiger partial charge in [-0.1, -0.05) is 0 Å². The fraction of sp³-hybridized carbons (Fsp3) is 0.278. The number of hydrogen-bond acceptors (Lipinski definition) is 12. The average Bonchev–Trinajstić information content (AvgIpc) is 3.49. The third-order valence-electron chi connectivity index (χ3n) is 4.74. The molecule has 0 radical (unpaired) electrons.